The summed E-state index contributed by atoms with van der Waals surface area (Å²) in [5, 5.41) is 14.1. The molecule has 0 aromatic carbocycles. The lowest BCUT2D eigenvalue weighted by atomic mass is 9.74. The predicted molar refractivity (Wildman–Crippen MR) is 89.8 cm³/mol. The molecule has 2 saturated heterocycles. The summed E-state index contributed by atoms with van der Waals surface area (Å²) in [7, 11) is -3.81. The van der Waals surface area contributed by atoms with E-state index in [4.69, 9.17) is 4.74 Å². The Balaban J connectivity index is 2.01. The van der Waals surface area contributed by atoms with Crippen molar-refractivity contribution in [2.24, 2.45) is 11.3 Å². The zero-order chi connectivity index (χ0) is 18.6. The second-order valence-corrected chi connectivity index (χ2v) is 9.19. The lowest BCUT2D eigenvalue weighted by Crippen LogP contribution is -2.45. The highest BCUT2D eigenvalue weighted by Gasteiger charge is 2.56. The van der Waals surface area contributed by atoms with Gasteiger partial charge in [-0.1, -0.05) is 0 Å². The zero-order valence-electron chi connectivity index (χ0n) is 15.0. The number of fused-ring (bicyclic) bond motifs is 1. The van der Waals surface area contributed by atoms with Crippen molar-refractivity contribution >= 4 is 16.0 Å². The van der Waals surface area contributed by atoms with Crippen molar-refractivity contribution < 1.29 is 23.1 Å². The van der Waals surface area contributed by atoms with Crippen molar-refractivity contribution in [3.63, 3.8) is 0 Å². The van der Waals surface area contributed by atoms with Crippen molar-refractivity contribution in [3.05, 3.63) is 11.4 Å². The van der Waals surface area contributed by atoms with E-state index in [0.29, 0.717) is 24.4 Å². The number of sulfonamides is 1. The minimum absolute atomic E-state index is 0.00949. The maximum Gasteiger partial charge on any atom is 0.311 e. The third kappa shape index (κ3) is 2.69. The van der Waals surface area contributed by atoms with Crippen LogP contribution in [0.25, 0.3) is 0 Å². The van der Waals surface area contributed by atoms with Gasteiger partial charge in [0, 0.05) is 31.7 Å². The third-order valence-corrected chi connectivity index (χ3v) is 7.51. The predicted octanol–water partition coefficient (Wildman–Crippen LogP) is 1.19. The Hall–Kier alpha value is -1.45. The van der Waals surface area contributed by atoms with Gasteiger partial charge in [0.25, 0.3) is 0 Å². The number of aromatic nitrogens is 2. The molecule has 2 fully saturated rings. The van der Waals surface area contributed by atoms with Crippen LogP contribution in [0.5, 0.6) is 0 Å². The number of carboxylic acids is 1. The fourth-order valence-electron chi connectivity index (χ4n) is 4.09. The molecule has 3 rings (SSSR count). The molecule has 140 valence electrons. The number of ether oxygens (including phenoxy) is 1. The van der Waals surface area contributed by atoms with Gasteiger partial charge < -0.3 is 9.84 Å². The van der Waals surface area contributed by atoms with Gasteiger partial charge in [0.15, 0.2) is 0 Å². The fourth-order valence-corrected chi connectivity index (χ4v) is 6.01. The molecule has 0 amide bonds. The van der Waals surface area contributed by atoms with Gasteiger partial charge in [-0.2, -0.15) is 9.40 Å². The highest BCUT2D eigenvalue weighted by molar-refractivity contribution is 7.89. The first-order chi connectivity index (χ1) is 11.6. The monoisotopic (exact) mass is 371 g/mol. The largest absolute Gasteiger partial charge is 0.481 e. The van der Waals surface area contributed by atoms with Gasteiger partial charge in [-0.3, -0.25) is 9.48 Å². The Morgan fingerprint density at radius 2 is 2.08 bits per heavy atom. The van der Waals surface area contributed by atoms with Crippen LogP contribution < -0.4 is 0 Å². The number of aliphatic carboxylic acids is 1. The lowest BCUT2D eigenvalue weighted by Gasteiger charge is -2.34. The molecule has 1 aromatic heterocycles. The van der Waals surface area contributed by atoms with E-state index in [1.807, 2.05) is 13.8 Å². The van der Waals surface area contributed by atoms with Gasteiger partial charge >= 0.3 is 5.97 Å². The summed E-state index contributed by atoms with van der Waals surface area (Å²) in [5.41, 5.74) is -0.0223. The van der Waals surface area contributed by atoms with Gasteiger partial charge in [-0.15, -0.1) is 0 Å². The van der Waals surface area contributed by atoms with Crippen molar-refractivity contribution in [3.8, 4) is 0 Å². The van der Waals surface area contributed by atoms with E-state index in [2.05, 4.69) is 5.10 Å². The standard InChI is InChI=1S/C16H25N3O5S/c1-10(2)19-12(4)14(11(3)17-19)25(22,23)18-7-13-8-24-6-5-16(13,9-18)15(20)21/h10,13H,5-9H2,1-4H3,(H,20,21)/t13-,16+/m1/s1. The van der Waals surface area contributed by atoms with Crippen molar-refractivity contribution in [2.45, 2.75) is 45.1 Å². The Labute approximate surface area is 147 Å². The van der Waals surface area contributed by atoms with Crippen LogP contribution in [0, 0.1) is 25.2 Å². The molecule has 0 unspecified atom stereocenters. The molecule has 1 N–H and O–H groups in total. The van der Waals surface area contributed by atoms with E-state index < -0.39 is 21.4 Å². The molecule has 0 aliphatic carbocycles. The Morgan fingerprint density at radius 1 is 1.40 bits per heavy atom. The van der Waals surface area contributed by atoms with Crippen LogP contribution in [0.1, 0.15) is 37.7 Å². The molecule has 2 aliphatic heterocycles. The first-order valence-electron chi connectivity index (χ1n) is 8.48. The van der Waals surface area contributed by atoms with Crippen molar-refractivity contribution in [1.82, 2.24) is 14.1 Å². The zero-order valence-corrected chi connectivity index (χ0v) is 15.8. The van der Waals surface area contributed by atoms with Gasteiger partial charge in [0.2, 0.25) is 10.0 Å². The highest BCUT2D eigenvalue weighted by Crippen LogP contribution is 2.44. The van der Waals surface area contributed by atoms with E-state index in [-0.39, 0.29) is 36.6 Å². The molecular weight excluding hydrogens is 346 g/mol. The normalized spacial score (nSPS) is 27.6. The lowest BCUT2D eigenvalue weighted by molar-refractivity contribution is -0.157. The van der Waals surface area contributed by atoms with Crippen LogP contribution in [-0.4, -0.2) is 59.9 Å². The van der Waals surface area contributed by atoms with E-state index >= 15 is 0 Å². The number of hydrogen-bond donors (Lipinski definition) is 1. The van der Waals surface area contributed by atoms with E-state index in [1.54, 1.807) is 18.5 Å². The Morgan fingerprint density at radius 3 is 2.60 bits per heavy atom. The molecule has 2 atom stereocenters. The first-order valence-corrected chi connectivity index (χ1v) is 9.92. The summed E-state index contributed by atoms with van der Waals surface area (Å²) in [5.74, 6) is -1.26. The smallest absolute Gasteiger partial charge is 0.311 e. The maximum absolute atomic E-state index is 13.3. The van der Waals surface area contributed by atoms with Crippen LogP contribution in [-0.2, 0) is 19.6 Å². The Kier molecular flexibility index (Phi) is 4.45. The van der Waals surface area contributed by atoms with Gasteiger partial charge in [-0.25, -0.2) is 8.42 Å². The fraction of sp³-hybridized carbons (Fsp3) is 0.750. The number of rotatable bonds is 4. The van der Waals surface area contributed by atoms with Gasteiger partial charge in [0.05, 0.1) is 23.4 Å². The molecule has 25 heavy (non-hydrogen) atoms. The summed E-state index contributed by atoms with van der Waals surface area (Å²) < 4.78 is 34.9. The highest BCUT2D eigenvalue weighted by atomic mass is 32.2. The topological polar surface area (TPSA) is 102 Å². The third-order valence-electron chi connectivity index (χ3n) is 5.45. The average Bonchev–Trinajstić information content (AvgIpc) is 3.06. The number of carboxylic acid groups (broad SMARTS) is 1. The second kappa shape index (κ2) is 6.07. The molecule has 3 heterocycles. The number of nitrogens with zero attached hydrogens (tertiary/aromatic N) is 3. The minimum atomic E-state index is -3.81. The van der Waals surface area contributed by atoms with Crippen LogP contribution >= 0.6 is 0 Å². The summed E-state index contributed by atoms with van der Waals surface area (Å²) in [6, 6.07) is 0.0440. The molecule has 0 saturated carbocycles. The van der Waals surface area contributed by atoms with Gasteiger partial charge in [-0.05, 0) is 34.1 Å². The molecule has 1 aromatic rings. The number of hydrogen-bond acceptors (Lipinski definition) is 5. The molecular formula is C16H25N3O5S. The van der Waals surface area contributed by atoms with E-state index in [9.17, 15) is 18.3 Å². The van der Waals surface area contributed by atoms with E-state index in [1.165, 1.54) is 4.31 Å². The summed E-state index contributed by atoms with van der Waals surface area (Å²) in [6.07, 6.45) is 0.336. The summed E-state index contributed by atoms with van der Waals surface area (Å²) in [4.78, 5) is 12.1. The van der Waals surface area contributed by atoms with Crippen molar-refractivity contribution in [2.75, 3.05) is 26.3 Å². The quantitative estimate of drug-likeness (QED) is 0.853. The van der Waals surface area contributed by atoms with Crippen LogP contribution in [0.4, 0.5) is 0 Å². The summed E-state index contributed by atoms with van der Waals surface area (Å²) in [6.45, 7) is 8.09. The first kappa shape index (κ1) is 18.3. The van der Waals surface area contributed by atoms with Gasteiger partial charge in [0.1, 0.15) is 4.90 Å². The molecule has 0 spiro atoms. The molecule has 8 nitrogen and oxygen atoms in total. The van der Waals surface area contributed by atoms with E-state index in [0.717, 1.165) is 0 Å². The van der Waals surface area contributed by atoms with Crippen LogP contribution in [0.2, 0.25) is 0 Å². The molecule has 0 bridgehead atoms. The number of carbonyl (C=O) groups is 1. The van der Waals surface area contributed by atoms with Crippen LogP contribution in [0.3, 0.4) is 0 Å². The molecule has 0 radical (unpaired) electrons. The maximum atomic E-state index is 13.3. The van der Waals surface area contributed by atoms with Crippen LogP contribution in [0.15, 0.2) is 4.90 Å². The molecule has 9 heteroatoms. The molecule has 2 aliphatic rings. The summed E-state index contributed by atoms with van der Waals surface area (Å²) >= 11 is 0. The number of aryl methyl sites for hydroxylation is 1. The average molecular weight is 371 g/mol. The second-order valence-electron chi connectivity index (χ2n) is 7.32. The Bertz CT molecular complexity index is 801. The van der Waals surface area contributed by atoms with Crippen molar-refractivity contribution in [1.29, 1.82) is 0 Å². The SMILES string of the molecule is Cc1nn(C(C)C)c(C)c1S(=O)(=O)N1C[C@@H]2COCC[C@]2(C(=O)O)C1. The minimum Gasteiger partial charge on any atom is -0.481 e.